The van der Waals surface area contributed by atoms with Gasteiger partial charge in [0.1, 0.15) is 11.7 Å². The molecule has 1 saturated carbocycles. The summed E-state index contributed by atoms with van der Waals surface area (Å²) in [6, 6.07) is 2.03. The fraction of sp³-hybridized carbons (Fsp3) is 0.706. The Morgan fingerprint density at radius 1 is 1.48 bits per heavy atom. The molecule has 21 heavy (non-hydrogen) atoms. The van der Waals surface area contributed by atoms with Crippen LogP contribution in [0, 0.1) is 29.1 Å². The fourth-order valence-corrected chi connectivity index (χ4v) is 4.08. The smallest absolute Gasteiger partial charge is 0.119 e. The third-order valence-corrected chi connectivity index (χ3v) is 5.19. The van der Waals surface area contributed by atoms with Crippen LogP contribution in [0.4, 0.5) is 4.39 Å². The van der Waals surface area contributed by atoms with Gasteiger partial charge < -0.3 is 10.0 Å². The quantitative estimate of drug-likeness (QED) is 0.868. The van der Waals surface area contributed by atoms with Gasteiger partial charge in [-0.3, -0.25) is 0 Å². The van der Waals surface area contributed by atoms with E-state index in [0.717, 1.165) is 31.5 Å². The number of hydrogen-bond donors (Lipinski definition) is 1. The van der Waals surface area contributed by atoms with Gasteiger partial charge in [-0.2, -0.15) is 5.26 Å². The molecule has 114 valence electrons. The van der Waals surface area contributed by atoms with Gasteiger partial charge in [-0.25, -0.2) is 4.39 Å². The Bertz CT molecular complexity index is 529. The van der Waals surface area contributed by atoms with Gasteiger partial charge in [-0.1, -0.05) is 19.9 Å². The highest BCUT2D eigenvalue weighted by Crippen LogP contribution is 2.50. The van der Waals surface area contributed by atoms with Crippen molar-refractivity contribution in [1.29, 1.82) is 5.26 Å². The van der Waals surface area contributed by atoms with Gasteiger partial charge in [0.2, 0.25) is 0 Å². The molecule has 4 heteroatoms. The van der Waals surface area contributed by atoms with Crippen molar-refractivity contribution < 1.29 is 9.50 Å². The fourth-order valence-electron chi connectivity index (χ4n) is 4.08. The van der Waals surface area contributed by atoms with E-state index in [1.807, 2.05) is 12.1 Å². The zero-order valence-electron chi connectivity index (χ0n) is 12.7. The number of aliphatic hydroxyl groups is 1. The lowest BCUT2D eigenvalue weighted by atomic mass is 9.82. The molecule has 0 aromatic heterocycles. The van der Waals surface area contributed by atoms with Gasteiger partial charge in [0.05, 0.1) is 17.7 Å². The van der Waals surface area contributed by atoms with Crippen LogP contribution in [0.25, 0.3) is 0 Å². The standard InChI is InChI=1S/C17H23FN2O/c1-11(2)16-17(21,13-4-5-13)7-8-20(16)14-6-3-12(10-19)15(18)9-14/h6,9,11-13,16,21H,3-5,7-8H2,1-2H3/t12?,16-,17+/m0/s1. The lowest BCUT2D eigenvalue weighted by Gasteiger charge is -2.39. The molecule has 1 heterocycles. The van der Waals surface area contributed by atoms with Gasteiger partial charge in [-0.05, 0) is 43.6 Å². The number of rotatable bonds is 3. The molecule has 0 spiro atoms. The van der Waals surface area contributed by atoms with E-state index < -0.39 is 11.5 Å². The van der Waals surface area contributed by atoms with Crippen LogP contribution in [-0.4, -0.2) is 28.2 Å². The van der Waals surface area contributed by atoms with Crippen LogP contribution in [0.3, 0.4) is 0 Å². The van der Waals surface area contributed by atoms with Crippen LogP contribution in [-0.2, 0) is 0 Å². The summed E-state index contributed by atoms with van der Waals surface area (Å²) in [5, 5.41) is 20.0. The highest BCUT2D eigenvalue weighted by molar-refractivity contribution is 5.31. The zero-order valence-corrected chi connectivity index (χ0v) is 12.7. The maximum absolute atomic E-state index is 14.0. The van der Waals surface area contributed by atoms with E-state index >= 15 is 0 Å². The SMILES string of the molecule is CC(C)[C@@H]1N(C2=CCC(C#N)C(F)=C2)CC[C@@]1(O)C1CC1. The molecule has 1 saturated heterocycles. The van der Waals surface area contributed by atoms with Crippen molar-refractivity contribution in [3.63, 3.8) is 0 Å². The van der Waals surface area contributed by atoms with Crippen LogP contribution in [0.15, 0.2) is 23.7 Å². The first-order valence-corrected chi connectivity index (χ1v) is 7.93. The molecule has 0 bridgehead atoms. The Labute approximate surface area is 125 Å². The molecule has 0 aromatic rings. The average molecular weight is 290 g/mol. The molecule has 0 radical (unpaired) electrons. The van der Waals surface area contributed by atoms with E-state index in [1.165, 1.54) is 6.08 Å². The molecule has 3 aliphatic rings. The first kappa shape index (κ1) is 14.6. The Morgan fingerprint density at radius 3 is 2.71 bits per heavy atom. The molecule has 3 rings (SSSR count). The average Bonchev–Trinajstić information content (AvgIpc) is 3.23. The maximum Gasteiger partial charge on any atom is 0.119 e. The molecular weight excluding hydrogens is 267 g/mol. The van der Waals surface area contributed by atoms with Crippen molar-refractivity contribution in [3.8, 4) is 6.07 Å². The molecule has 1 aliphatic heterocycles. The minimum Gasteiger partial charge on any atom is -0.387 e. The van der Waals surface area contributed by atoms with Crippen LogP contribution >= 0.6 is 0 Å². The molecule has 0 amide bonds. The summed E-state index contributed by atoms with van der Waals surface area (Å²) in [7, 11) is 0. The molecular formula is C17H23FN2O. The minimum absolute atomic E-state index is 0.0407. The second-order valence-electron chi connectivity index (χ2n) is 6.97. The van der Waals surface area contributed by atoms with E-state index in [4.69, 9.17) is 5.26 Å². The molecule has 2 fully saturated rings. The first-order chi connectivity index (χ1) is 9.97. The summed E-state index contributed by atoms with van der Waals surface area (Å²) in [5.74, 6) is -0.278. The third kappa shape index (κ3) is 2.38. The molecule has 1 N–H and O–H groups in total. The summed E-state index contributed by atoms with van der Waals surface area (Å²) < 4.78 is 14.0. The van der Waals surface area contributed by atoms with E-state index in [-0.39, 0.29) is 11.9 Å². The number of nitrogens with zero attached hydrogens (tertiary/aromatic N) is 2. The van der Waals surface area contributed by atoms with Gasteiger partial charge in [-0.15, -0.1) is 0 Å². The van der Waals surface area contributed by atoms with Crippen molar-refractivity contribution in [2.24, 2.45) is 17.8 Å². The molecule has 0 aromatic carbocycles. The lowest BCUT2D eigenvalue weighted by Crippen LogP contribution is -2.49. The number of allylic oxidation sites excluding steroid dienone is 3. The monoisotopic (exact) mass is 290 g/mol. The normalized spacial score (nSPS) is 36.5. The maximum atomic E-state index is 14.0. The van der Waals surface area contributed by atoms with E-state index in [9.17, 15) is 9.50 Å². The minimum atomic E-state index is -0.642. The van der Waals surface area contributed by atoms with Crippen LogP contribution in [0.1, 0.15) is 39.5 Å². The highest BCUT2D eigenvalue weighted by atomic mass is 19.1. The molecule has 3 nitrogen and oxygen atoms in total. The van der Waals surface area contributed by atoms with Gasteiger partial charge >= 0.3 is 0 Å². The van der Waals surface area contributed by atoms with Crippen LogP contribution in [0.5, 0.6) is 0 Å². The Kier molecular flexibility index (Phi) is 3.57. The Hall–Kier alpha value is -1.34. The lowest BCUT2D eigenvalue weighted by molar-refractivity contribution is -0.0269. The van der Waals surface area contributed by atoms with Gasteiger partial charge in [0, 0.05) is 12.2 Å². The summed E-state index contributed by atoms with van der Waals surface area (Å²) in [6.45, 7) is 5.01. The largest absolute Gasteiger partial charge is 0.387 e. The second kappa shape index (κ2) is 5.14. The Morgan fingerprint density at radius 2 is 2.19 bits per heavy atom. The van der Waals surface area contributed by atoms with E-state index in [2.05, 4.69) is 18.7 Å². The molecule has 3 atom stereocenters. The number of halogens is 1. The van der Waals surface area contributed by atoms with Crippen LogP contribution < -0.4 is 0 Å². The van der Waals surface area contributed by atoms with Crippen molar-refractivity contribution in [3.05, 3.63) is 23.7 Å². The van der Waals surface area contributed by atoms with Crippen molar-refractivity contribution in [1.82, 2.24) is 4.90 Å². The summed E-state index contributed by atoms with van der Waals surface area (Å²) in [5.41, 5.74) is 0.208. The summed E-state index contributed by atoms with van der Waals surface area (Å²) in [6.07, 6.45) is 6.84. The predicted octanol–water partition coefficient (Wildman–Crippen LogP) is 3.14. The predicted molar refractivity (Wildman–Crippen MR) is 78.6 cm³/mol. The van der Waals surface area contributed by atoms with Crippen LogP contribution in [0.2, 0.25) is 0 Å². The summed E-state index contributed by atoms with van der Waals surface area (Å²) in [4.78, 5) is 2.16. The number of nitriles is 1. The third-order valence-electron chi connectivity index (χ3n) is 5.19. The van der Waals surface area contributed by atoms with E-state index in [0.29, 0.717) is 18.3 Å². The second-order valence-corrected chi connectivity index (χ2v) is 6.97. The van der Waals surface area contributed by atoms with Gasteiger partial charge in [0.15, 0.2) is 0 Å². The van der Waals surface area contributed by atoms with Crippen molar-refractivity contribution in [2.45, 2.75) is 51.2 Å². The summed E-state index contributed by atoms with van der Waals surface area (Å²) >= 11 is 0. The topological polar surface area (TPSA) is 47.3 Å². The van der Waals surface area contributed by atoms with Crippen molar-refractivity contribution >= 4 is 0 Å². The zero-order chi connectivity index (χ0) is 15.2. The highest BCUT2D eigenvalue weighted by Gasteiger charge is 2.55. The number of likely N-dealkylation sites (tertiary alicyclic amines) is 1. The van der Waals surface area contributed by atoms with E-state index in [1.54, 1.807) is 0 Å². The number of hydrogen-bond acceptors (Lipinski definition) is 3. The molecule has 2 aliphatic carbocycles. The Balaban J connectivity index is 1.86. The van der Waals surface area contributed by atoms with Gasteiger partial charge in [0.25, 0.3) is 0 Å². The molecule has 1 unspecified atom stereocenters. The van der Waals surface area contributed by atoms with Crippen molar-refractivity contribution in [2.75, 3.05) is 6.54 Å². The first-order valence-electron chi connectivity index (χ1n) is 7.93.